The number of benzene rings is 1. The van der Waals surface area contributed by atoms with E-state index < -0.39 is 0 Å². The standard InChI is InChI=1S/C22H27N3O2/c1-16(25-13-4-5-18(15-25)17-8-11-23-12-9-17)22(26)24-20-10-14-27-21-7-3-2-6-19(20)21/h2-3,6-9,11-12,16,18,20H,4-5,10,13-15H2,1H3,(H,24,26). The highest BCUT2D eigenvalue weighted by atomic mass is 16.5. The van der Waals surface area contributed by atoms with Crippen molar-refractivity contribution in [3.05, 3.63) is 59.9 Å². The van der Waals surface area contributed by atoms with E-state index in [1.165, 1.54) is 12.0 Å². The number of hydrogen-bond acceptors (Lipinski definition) is 4. The molecular weight excluding hydrogens is 338 g/mol. The topological polar surface area (TPSA) is 54.5 Å². The second kappa shape index (κ2) is 8.09. The molecule has 1 aromatic heterocycles. The number of likely N-dealkylation sites (tertiary alicyclic amines) is 1. The quantitative estimate of drug-likeness (QED) is 0.903. The summed E-state index contributed by atoms with van der Waals surface area (Å²) in [5, 5.41) is 3.26. The Kier molecular flexibility index (Phi) is 5.39. The number of piperidine rings is 1. The van der Waals surface area contributed by atoms with Crippen molar-refractivity contribution < 1.29 is 9.53 Å². The summed E-state index contributed by atoms with van der Waals surface area (Å²) < 4.78 is 5.71. The normalized spacial score (nSPS) is 23.7. The highest BCUT2D eigenvalue weighted by Crippen LogP contribution is 2.32. The van der Waals surface area contributed by atoms with Crippen LogP contribution in [0.2, 0.25) is 0 Å². The van der Waals surface area contributed by atoms with Gasteiger partial charge in [0.05, 0.1) is 18.7 Å². The fourth-order valence-electron chi connectivity index (χ4n) is 4.22. The lowest BCUT2D eigenvalue weighted by Gasteiger charge is -2.37. The second-order valence-corrected chi connectivity index (χ2v) is 7.53. The number of nitrogens with zero attached hydrogens (tertiary/aromatic N) is 2. The molecule has 27 heavy (non-hydrogen) atoms. The summed E-state index contributed by atoms with van der Waals surface area (Å²) >= 11 is 0. The van der Waals surface area contributed by atoms with Crippen LogP contribution in [0.25, 0.3) is 0 Å². The number of carbonyl (C=O) groups excluding carboxylic acids is 1. The van der Waals surface area contributed by atoms with Gasteiger partial charge in [0.1, 0.15) is 5.75 Å². The van der Waals surface area contributed by atoms with Crippen molar-refractivity contribution >= 4 is 5.91 Å². The Bertz CT molecular complexity index is 780. The smallest absolute Gasteiger partial charge is 0.237 e. The van der Waals surface area contributed by atoms with Crippen LogP contribution in [0.3, 0.4) is 0 Å². The minimum atomic E-state index is -0.135. The molecule has 1 fully saturated rings. The van der Waals surface area contributed by atoms with Crippen LogP contribution in [0.15, 0.2) is 48.8 Å². The number of amides is 1. The molecule has 2 aromatic rings. The Hall–Kier alpha value is -2.40. The molecule has 0 radical (unpaired) electrons. The number of rotatable bonds is 4. The number of nitrogens with one attached hydrogen (secondary N) is 1. The largest absolute Gasteiger partial charge is 0.493 e. The van der Waals surface area contributed by atoms with Crippen LogP contribution in [0.1, 0.15) is 49.3 Å². The van der Waals surface area contributed by atoms with Crippen molar-refractivity contribution in [1.82, 2.24) is 15.2 Å². The van der Waals surface area contributed by atoms with Crippen molar-refractivity contribution in [2.45, 2.75) is 44.2 Å². The van der Waals surface area contributed by atoms with Gasteiger partial charge in [0.2, 0.25) is 5.91 Å². The number of pyridine rings is 1. The zero-order valence-electron chi connectivity index (χ0n) is 15.8. The molecule has 0 aliphatic carbocycles. The van der Waals surface area contributed by atoms with Crippen LogP contribution in [0.4, 0.5) is 0 Å². The van der Waals surface area contributed by atoms with Gasteiger partial charge in [-0.3, -0.25) is 14.7 Å². The van der Waals surface area contributed by atoms with E-state index in [4.69, 9.17) is 4.74 Å². The summed E-state index contributed by atoms with van der Waals surface area (Å²) in [7, 11) is 0. The van der Waals surface area contributed by atoms with Crippen LogP contribution in [0.5, 0.6) is 5.75 Å². The molecule has 0 saturated carbocycles. The highest BCUT2D eigenvalue weighted by molar-refractivity contribution is 5.82. The highest BCUT2D eigenvalue weighted by Gasteiger charge is 2.30. The number of aromatic nitrogens is 1. The van der Waals surface area contributed by atoms with Crippen molar-refractivity contribution in [1.29, 1.82) is 0 Å². The Balaban J connectivity index is 1.41. The molecule has 2 aliphatic heterocycles. The van der Waals surface area contributed by atoms with Crippen LogP contribution in [-0.4, -0.2) is 41.5 Å². The van der Waals surface area contributed by atoms with Crippen molar-refractivity contribution in [3.63, 3.8) is 0 Å². The summed E-state index contributed by atoms with van der Waals surface area (Å²) in [5.74, 6) is 1.46. The summed E-state index contributed by atoms with van der Waals surface area (Å²) in [4.78, 5) is 19.4. The fourth-order valence-corrected chi connectivity index (χ4v) is 4.22. The monoisotopic (exact) mass is 365 g/mol. The first-order chi connectivity index (χ1) is 13.2. The van der Waals surface area contributed by atoms with E-state index in [0.29, 0.717) is 12.5 Å². The third-order valence-corrected chi connectivity index (χ3v) is 5.83. The summed E-state index contributed by atoms with van der Waals surface area (Å²) in [6.45, 7) is 4.56. The van der Waals surface area contributed by atoms with Gasteiger partial charge in [0, 0.05) is 30.9 Å². The number of ether oxygens (including phenoxy) is 1. The van der Waals surface area contributed by atoms with Gasteiger partial charge < -0.3 is 10.1 Å². The van der Waals surface area contributed by atoms with Gasteiger partial charge in [-0.2, -0.15) is 0 Å². The Morgan fingerprint density at radius 1 is 1.22 bits per heavy atom. The average molecular weight is 365 g/mol. The molecule has 2 aliphatic rings. The molecule has 5 heteroatoms. The molecule has 5 nitrogen and oxygen atoms in total. The third-order valence-electron chi connectivity index (χ3n) is 5.83. The van der Waals surface area contributed by atoms with E-state index in [9.17, 15) is 4.79 Å². The maximum Gasteiger partial charge on any atom is 0.237 e. The fraction of sp³-hybridized carbons (Fsp3) is 0.455. The van der Waals surface area contributed by atoms with Crippen LogP contribution < -0.4 is 10.1 Å². The van der Waals surface area contributed by atoms with Crippen molar-refractivity contribution in [2.75, 3.05) is 19.7 Å². The molecule has 1 amide bonds. The van der Waals surface area contributed by atoms with Gasteiger partial charge in [-0.05, 0) is 56.0 Å². The first kappa shape index (κ1) is 18.0. The first-order valence-corrected chi connectivity index (χ1v) is 9.88. The van der Waals surface area contributed by atoms with Gasteiger partial charge in [0.15, 0.2) is 0 Å². The van der Waals surface area contributed by atoms with Crippen molar-refractivity contribution in [3.8, 4) is 5.75 Å². The number of carbonyl (C=O) groups is 1. The van der Waals surface area contributed by atoms with E-state index in [-0.39, 0.29) is 18.0 Å². The van der Waals surface area contributed by atoms with Gasteiger partial charge in [-0.1, -0.05) is 18.2 Å². The molecule has 1 aromatic carbocycles. The van der Waals surface area contributed by atoms with Gasteiger partial charge in [-0.15, -0.1) is 0 Å². The zero-order valence-corrected chi connectivity index (χ0v) is 15.8. The van der Waals surface area contributed by atoms with Gasteiger partial charge >= 0.3 is 0 Å². The summed E-state index contributed by atoms with van der Waals surface area (Å²) in [5.41, 5.74) is 2.40. The van der Waals surface area contributed by atoms with Crippen LogP contribution in [0, 0.1) is 0 Å². The molecule has 1 saturated heterocycles. The molecule has 3 atom stereocenters. The van der Waals surface area contributed by atoms with Crippen LogP contribution in [-0.2, 0) is 4.79 Å². The molecule has 3 unspecified atom stereocenters. The maximum atomic E-state index is 13.0. The Labute approximate surface area is 160 Å². The lowest BCUT2D eigenvalue weighted by molar-refractivity contribution is -0.127. The molecule has 0 spiro atoms. The van der Waals surface area contributed by atoms with Crippen molar-refractivity contribution in [2.24, 2.45) is 0 Å². The molecule has 1 N–H and O–H groups in total. The van der Waals surface area contributed by atoms with Gasteiger partial charge in [-0.25, -0.2) is 0 Å². The molecule has 3 heterocycles. The molecule has 4 rings (SSSR count). The predicted octanol–water partition coefficient (Wildman–Crippen LogP) is 3.29. The van der Waals surface area contributed by atoms with E-state index in [2.05, 4.69) is 27.3 Å². The SMILES string of the molecule is CC(C(=O)NC1CCOc2ccccc21)N1CCCC(c2ccncc2)C1. The zero-order chi connectivity index (χ0) is 18.6. The first-order valence-electron chi connectivity index (χ1n) is 9.88. The minimum Gasteiger partial charge on any atom is -0.493 e. The molecular formula is C22H27N3O2. The number of hydrogen-bond donors (Lipinski definition) is 1. The summed E-state index contributed by atoms with van der Waals surface area (Å²) in [6, 6.07) is 12.1. The third kappa shape index (κ3) is 3.98. The maximum absolute atomic E-state index is 13.0. The molecule has 0 bridgehead atoms. The Morgan fingerprint density at radius 3 is 2.89 bits per heavy atom. The molecule has 142 valence electrons. The number of para-hydroxylation sites is 1. The minimum absolute atomic E-state index is 0.0330. The van der Waals surface area contributed by atoms with E-state index in [0.717, 1.165) is 37.2 Å². The van der Waals surface area contributed by atoms with Crippen LogP contribution >= 0.6 is 0 Å². The van der Waals surface area contributed by atoms with E-state index >= 15 is 0 Å². The predicted molar refractivity (Wildman–Crippen MR) is 105 cm³/mol. The van der Waals surface area contributed by atoms with E-state index in [1.807, 2.05) is 43.6 Å². The van der Waals surface area contributed by atoms with Gasteiger partial charge in [0.25, 0.3) is 0 Å². The lowest BCUT2D eigenvalue weighted by Crippen LogP contribution is -2.49. The number of fused-ring (bicyclic) bond motifs is 1. The Morgan fingerprint density at radius 2 is 2.04 bits per heavy atom. The average Bonchev–Trinajstić information content (AvgIpc) is 2.74. The van der Waals surface area contributed by atoms with E-state index in [1.54, 1.807) is 0 Å². The summed E-state index contributed by atoms with van der Waals surface area (Å²) in [6.07, 6.45) is 6.81. The lowest BCUT2D eigenvalue weighted by atomic mass is 9.90. The second-order valence-electron chi connectivity index (χ2n) is 7.53.